The highest BCUT2D eigenvalue weighted by Gasteiger charge is 2.36. The Hall–Kier alpha value is -3.03. The molecule has 0 saturated carbocycles. The molecule has 0 aliphatic rings. The normalized spacial score (nSPS) is 12.5. The highest BCUT2D eigenvalue weighted by Crippen LogP contribution is 2.38. The molecule has 1 aromatic carbocycles. The fourth-order valence-corrected chi connectivity index (χ4v) is 2.08. The maximum absolute atomic E-state index is 13.2. The minimum absolute atomic E-state index is 0.435. The quantitative estimate of drug-likeness (QED) is 0.509. The molecule has 126 valence electrons. The summed E-state index contributed by atoms with van der Waals surface area (Å²) in [5.74, 6) is -2.62. The predicted octanol–water partition coefficient (Wildman–Crippen LogP) is 3.41. The summed E-state index contributed by atoms with van der Waals surface area (Å²) in [5.41, 5.74) is -2.90. The molecule has 0 fully saturated rings. The Morgan fingerprint density at radius 3 is 2.42 bits per heavy atom. The number of ether oxygens (including phenoxy) is 1. The largest absolute Gasteiger partial charge is 0.506 e. The molecule has 2 rings (SSSR count). The lowest BCUT2D eigenvalue weighted by Crippen LogP contribution is -2.14. The number of aliphatic hydroxyl groups is 1. The predicted molar refractivity (Wildman–Crippen MR) is 78.8 cm³/mol. The summed E-state index contributed by atoms with van der Waals surface area (Å²) in [6.07, 6.45) is -3.56. The number of carbonyl (C=O) groups excluding carboxylic acids is 1. The third-order valence-electron chi connectivity index (χ3n) is 3.14. The number of rotatable bonds is 3. The lowest BCUT2D eigenvalue weighted by Gasteiger charge is -2.15. The van der Waals surface area contributed by atoms with Gasteiger partial charge in [0.05, 0.1) is 12.7 Å². The number of hydrogen-bond acceptors (Lipinski definition) is 5. The number of pyridine rings is 1. The summed E-state index contributed by atoms with van der Waals surface area (Å²) >= 11 is 0. The molecule has 5 nitrogen and oxygen atoms in total. The number of aromatic nitrogens is 1. The van der Waals surface area contributed by atoms with E-state index < -0.39 is 46.0 Å². The van der Waals surface area contributed by atoms with Crippen LogP contribution < -0.4 is 0 Å². The molecular formula is C16H12F3NO4. The van der Waals surface area contributed by atoms with Crippen molar-refractivity contribution in [1.82, 2.24) is 4.98 Å². The lowest BCUT2D eigenvalue weighted by molar-refractivity contribution is -0.138. The molecule has 2 N–H and O–H groups in total. The molecule has 8 heteroatoms. The Labute approximate surface area is 134 Å². The van der Waals surface area contributed by atoms with Gasteiger partial charge in [0.1, 0.15) is 17.0 Å². The lowest BCUT2D eigenvalue weighted by atomic mass is 9.97. The van der Waals surface area contributed by atoms with E-state index in [0.29, 0.717) is 0 Å². The van der Waals surface area contributed by atoms with E-state index in [1.165, 1.54) is 24.4 Å². The number of aliphatic hydroxyl groups excluding tert-OH is 1. The molecule has 0 spiro atoms. The topological polar surface area (TPSA) is 79.7 Å². The van der Waals surface area contributed by atoms with Gasteiger partial charge in [-0.3, -0.25) is 0 Å². The number of benzene rings is 1. The summed E-state index contributed by atoms with van der Waals surface area (Å²) < 4.78 is 44.1. The molecule has 24 heavy (non-hydrogen) atoms. The maximum atomic E-state index is 13.2. The number of esters is 1. The van der Waals surface area contributed by atoms with Crippen molar-refractivity contribution in [3.63, 3.8) is 0 Å². The van der Waals surface area contributed by atoms with Gasteiger partial charge in [0.15, 0.2) is 5.76 Å². The van der Waals surface area contributed by atoms with E-state index in [4.69, 9.17) is 0 Å². The van der Waals surface area contributed by atoms with E-state index in [1.54, 1.807) is 0 Å². The molecule has 0 bridgehead atoms. The third kappa shape index (κ3) is 3.32. The summed E-state index contributed by atoms with van der Waals surface area (Å²) in [4.78, 5) is 15.7. The molecule has 0 unspecified atom stereocenters. The van der Waals surface area contributed by atoms with Crippen LogP contribution in [0.4, 0.5) is 13.2 Å². The van der Waals surface area contributed by atoms with Crippen molar-refractivity contribution >= 4 is 17.3 Å². The van der Waals surface area contributed by atoms with Gasteiger partial charge in [-0.2, -0.15) is 13.2 Å². The second kappa shape index (κ2) is 6.61. The zero-order valence-corrected chi connectivity index (χ0v) is 12.3. The van der Waals surface area contributed by atoms with Crippen LogP contribution in [0.25, 0.3) is 11.3 Å². The Kier molecular flexibility index (Phi) is 4.77. The first kappa shape index (κ1) is 17.3. The van der Waals surface area contributed by atoms with E-state index in [-0.39, 0.29) is 0 Å². The van der Waals surface area contributed by atoms with Gasteiger partial charge < -0.3 is 14.9 Å². The van der Waals surface area contributed by atoms with Crippen LogP contribution in [0.2, 0.25) is 0 Å². The number of alkyl halides is 3. The van der Waals surface area contributed by atoms with Gasteiger partial charge in [0.25, 0.3) is 0 Å². The maximum Gasteiger partial charge on any atom is 0.417 e. The number of hydrogen-bond donors (Lipinski definition) is 2. The number of methoxy groups -OCH3 is 1. The van der Waals surface area contributed by atoms with Crippen LogP contribution in [0.1, 0.15) is 16.8 Å². The van der Waals surface area contributed by atoms with E-state index >= 15 is 0 Å². The van der Waals surface area contributed by atoms with E-state index in [0.717, 1.165) is 25.3 Å². The molecule has 0 atom stereocenters. The fourth-order valence-electron chi connectivity index (χ4n) is 2.08. The Bertz CT molecular complexity index is 800. The van der Waals surface area contributed by atoms with Crippen molar-refractivity contribution in [2.45, 2.75) is 6.18 Å². The third-order valence-corrected chi connectivity index (χ3v) is 3.14. The minimum Gasteiger partial charge on any atom is -0.506 e. The first-order valence-corrected chi connectivity index (χ1v) is 6.60. The van der Waals surface area contributed by atoms with Crippen molar-refractivity contribution in [2.24, 2.45) is 0 Å². The highest BCUT2D eigenvalue weighted by atomic mass is 19.4. The van der Waals surface area contributed by atoms with Crippen LogP contribution in [0.15, 0.2) is 42.6 Å². The Morgan fingerprint density at radius 1 is 1.17 bits per heavy atom. The Morgan fingerprint density at radius 2 is 1.83 bits per heavy atom. The van der Waals surface area contributed by atoms with Crippen LogP contribution in [0.3, 0.4) is 0 Å². The van der Waals surface area contributed by atoms with Gasteiger partial charge in [-0.15, -0.1) is 0 Å². The second-order valence-electron chi connectivity index (χ2n) is 4.63. The van der Waals surface area contributed by atoms with Crippen LogP contribution in [-0.2, 0) is 15.7 Å². The molecule has 2 aromatic rings. The summed E-state index contributed by atoms with van der Waals surface area (Å²) in [6.45, 7) is 0. The monoisotopic (exact) mass is 339 g/mol. The smallest absolute Gasteiger partial charge is 0.417 e. The van der Waals surface area contributed by atoms with Gasteiger partial charge in [-0.25, -0.2) is 9.78 Å². The van der Waals surface area contributed by atoms with Crippen LogP contribution in [-0.4, -0.2) is 28.3 Å². The Balaban J connectivity index is 2.80. The molecule has 0 radical (unpaired) electrons. The minimum atomic E-state index is -4.76. The van der Waals surface area contributed by atoms with E-state index in [2.05, 4.69) is 9.72 Å². The van der Waals surface area contributed by atoms with Crippen molar-refractivity contribution in [2.75, 3.05) is 7.11 Å². The summed E-state index contributed by atoms with van der Waals surface area (Å²) in [6, 6.07) is 6.74. The number of nitrogens with zero attached hydrogens (tertiary/aromatic N) is 1. The average Bonchev–Trinajstić information content (AvgIpc) is 2.54. The SMILES string of the molecule is COC(=O)C(=C(O)c1ncccc1O)c1ccccc1C(F)(F)F. The molecule has 0 aliphatic heterocycles. The van der Waals surface area contributed by atoms with Crippen LogP contribution in [0.5, 0.6) is 5.75 Å². The first-order valence-electron chi connectivity index (χ1n) is 6.60. The summed E-state index contributed by atoms with van der Waals surface area (Å²) in [5, 5.41) is 20.0. The number of carbonyl (C=O) groups is 1. The van der Waals surface area contributed by atoms with Crippen LogP contribution >= 0.6 is 0 Å². The van der Waals surface area contributed by atoms with E-state index in [9.17, 15) is 28.2 Å². The molecule has 0 saturated heterocycles. The fraction of sp³-hybridized carbons (Fsp3) is 0.125. The highest BCUT2D eigenvalue weighted by molar-refractivity contribution is 6.23. The van der Waals surface area contributed by atoms with Crippen molar-refractivity contribution in [3.05, 3.63) is 59.4 Å². The van der Waals surface area contributed by atoms with Crippen molar-refractivity contribution in [3.8, 4) is 5.75 Å². The average molecular weight is 339 g/mol. The van der Waals surface area contributed by atoms with Crippen molar-refractivity contribution < 1.29 is 32.9 Å². The molecule has 1 aromatic heterocycles. The zero-order valence-electron chi connectivity index (χ0n) is 12.3. The molecule has 1 heterocycles. The van der Waals surface area contributed by atoms with Gasteiger partial charge in [-0.1, -0.05) is 18.2 Å². The van der Waals surface area contributed by atoms with Gasteiger partial charge in [0.2, 0.25) is 0 Å². The molecule has 0 amide bonds. The van der Waals surface area contributed by atoms with Gasteiger partial charge >= 0.3 is 12.1 Å². The number of aromatic hydroxyl groups is 1. The molecular weight excluding hydrogens is 327 g/mol. The van der Waals surface area contributed by atoms with Gasteiger partial charge in [-0.05, 0) is 18.2 Å². The first-order chi connectivity index (χ1) is 11.3. The standard InChI is InChI=1S/C16H12F3NO4/c1-24-15(23)12(14(22)13-11(21)7-4-8-20-13)9-5-2-3-6-10(9)16(17,18)19/h2-8,21-22H,1H3. The zero-order chi connectivity index (χ0) is 17.9. The summed E-state index contributed by atoms with van der Waals surface area (Å²) in [7, 11) is 0.962. The van der Waals surface area contributed by atoms with Crippen molar-refractivity contribution in [1.29, 1.82) is 0 Å². The number of halogens is 3. The molecule has 0 aliphatic carbocycles. The van der Waals surface area contributed by atoms with Crippen LogP contribution in [0, 0.1) is 0 Å². The van der Waals surface area contributed by atoms with E-state index in [1.807, 2.05) is 0 Å². The second-order valence-corrected chi connectivity index (χ2v) is 4.63. The van der Waals surface area contributed by atoms with Gasteiger partial charge in [0, 0.05) is 11.8 Å².